The van der Waals surface area contributed by atoms with Gasteiger partial charge in [0, 0.05) is 6.04 Å². The van der Waals surface area contributed by atoms with Crippen molar-refractivity contribution in [1.29, 1.82) is 0 Å². The lowest BCUT2D eigenvalue weighted by atomic mass is 10.5. The van der Waals surface area contributed by atoms with E-state index in [1.165, 1.54) is 11.3 Å². The van der Waals surface area contributed by atoms with Gasteiger partial charge in [0.25, 0.3) is 5.56 Å². The molecule has 0 atom stereocenters. The second kappa shape index (κ2) is 2.99. The predicted octanol–water partition coefficient (Wildman–Crippen LogP) is 2.16. The van der Waals surface area contributed by atoms with Gasteiger partial charge in [0.15, 0.2) is 9.60 Å². The van der Waals surface area contributed by atoms with E-state index in [-0.39, 0.29) is 5.56 Å². The summed E-state index contributed by atoms with van der Waals surface area (Å²) in [7, 11) is 0. The van der Waals surface area contributed by atoms with E-state index in [9.17, 15) is 4.79 Å². The van der Waals surface area contributed by atoms with Crippen LogP contribution in [-0.2, 0) is 0 Å². The zero-order valence-corrected chi connectivity index (χ0v) is 9.74. The van der Waals surface area contributed by atoms with Gasteiger partial charge in [0.2, 0.25) is 0 Å². The van der Waals surface area contributed by atoms with Crippen molar-refractivity contribution in [3.05, 3.63) is 20.1 Å². The molecule has 0 amide bonds. The van der Waals surface area contributed by atoms with Crippen LogP contribution < -0.4 is 5.56 Å². The lowest BCUT2D eigenvalue weighted by Gasteiger charge is -2.00. The Morgan fingerprint density at radius 2 is 2.33 bits per heavy atom. The highest BCUT2D eigenvalue weighted by atomic mass is 32.1. The van der Waals surface area contributed by atoms with Gasteiger partial charge in [-0.3, -0.25) is 4.79 Å². The van der Waals surface area contributed by atoms with Crippen molar-refractivity contribution in [1.82, 2.24) is 14.5 Å². The maximum atomic E-state index is 11.7. The SMILES string of the molecule is Cc1nc2c(sc(=S)n2C2CC2)c(=O)[nH]1. The molecule has 0 unspecified atom stereocenters. The number of thiazole rings is 1. The molecule has 1 aliphatic rings. The van der Waals surface area contributed by atoms with Crippen molar-refractivity contribution in [2.45, 2.75) is 25.8 Å². The number of hydrogen-bond donors (Lipinski definition) is 1. The van der Waals surface area contributed by atoms with Crippen LogP contribution in [0.15, 0.2) is 4.79 Å². The Morgan fingerprint density at radius 1 is 1.60 bits per heavy atom. The Morgan fingerprint density at radius 3 is 3.00 bits per heavy atom. The minimum atomic E-state index is -0.0759. The number of fused-ring (bicyclic) bond motifs is 1. The lowest BCUT2D eigenvalue weighted by molar-refractivity contribution is 0.758. The number of H-pyrrole nitrogens is 1. The summed E-state index contributed by atoms with van der Waals surface area (Å²) in [6, 6.07) is 0.472. The normalized spacial score (nSPS) is 16.1. The molecule has 3 rings (SSSR count). The maximum absolute atomic E-state index is 11.7. The number of aryl methyl sites for hydroxylation is 1. The van der Waals surface area contributed by atoms with Gasteiger partial charge in [-0.1, -0.05) is 11.3 Å². The molecule has 2 aromatic rings. The van der Waals surface area contributed by atoms with Crippen LogP contribution in [0.2, 0.25) is 0 Å². The average Bonchev–Trinajstić information content (AvgIpc) is 2.91. The summed E-state index contributed by atoms with van der Waals surface area (Å²) in [6.07, 6.45) is 2.29. The highest BCUT2D eigenvalue weighted by Crippen LogP contribution is 2.38. The fraction of sp³-hybridized carbons (Fsp3) is 0.444. The molecule has 1 aliphatic carbocycles. The molecule has 0 saturated heterocycles. The second-order valence-corrected chi connectivity index (χ2v) is 5.42. The molecule has 0 aromatic carbocycles. The molecule has 2 aromatic heterocycles. The van der Waals surface area contributed by atoms with Crippen LogP contribution in [-0.4, -0.2) is 14.5 Å². The smallest absolute Gasteiger partial charge is 0.270 e. The molecule has 0 aliphatic heterocycles. The standard InChI is InChI=1S/C9H9N3OS2/c1-4-10-7-6(8(13)11-4)15-9(14)12(7)5-2-3-5/h5H,2-3H2,1H3,(H,10,11,13). The average molecular weight is 239 g/mol. The summed E-state index contributed by atoms with van der Waals surface area (Å²) < 4.78 is 3.44. The number of nitrogens with one attached hydrogen (secondary N) is 1. The van der Waals surface area contributed by atoms with E-state index < -0.39 is 0 Å². The van der Waals surface area contributed by atoms with E-state index in [1.54, 1.807) is 6.92 Å². The summed E-state index contributed by atoms with van der Waals surface area (Å²) in [5, 5.41) is 0. The molecule has 1 N–H and O–H groups in total. The molecular formula is C9H9N3OS2. The van der Waals surface area contributed by atoms with Crippen LogP contribution in [0.1, 0.15) is 24.7 Å². The highest BCUT2D eigenvalue weighted by Gasteiger charge is 2.27. The molecule has 1 saturated carbocycles. The van der Waals surface area contributed by atoms with Crippen molar-refractivity contribution in [3.63, 3.8) is 0 Å². The van der Waals surface area contributed by atoms with Gasteiger partial charge in [-0.2, -0.15) is 0 Å². The Kier molecular flexibility index (Phi) is 1.84. The van der Waals surface area contributed by atoms with Crippen LogP contribution in [0.25, 0.3) is 10.3 Å². The summed E-state index contributed by atoms with van der Waals surface area (Å²) in [6.45, 7) is 1.79. The Labute approximate surface area is 94.6 Å². The zero-order valence-electron chi connectivity index (χ0n) is 8.11. The number of hydrogen-bond acceptors (Lipinski definition) is 4. The topological polar surface area (TPSA) is 50.7 Å². The molecule has 0 bridgehead atoms. The molecule has 78 valence electrons. The van der Waals surface area contributed by atoms with Crippen molar-refractivity contribution in [2.75, 3.05) is 0 Å². The van der Waals surface area contributed by atoms with Crippen LogP contribution >= 0.6 is 23.6 Å². The van der Waals surface area contributed by atoms with E-state index in [0.717, 1.165) is 22.4 Å². The van der Waals surface area contributed by atoms with Crippen molar-refractivity contribution >= 4 is 33.9 Å². The third-order valence-corrected chi connectivity index (χ3v) is 3.89. The number of rotatable bonds is 1. The Bertz CT molecular complexity index is 647. The van der Waals surface area contributed by atoms with Gasteiger partial charge < -0.3 is 9.55 Å². The van der Waals surface area contributed by atoms with Gasteiger partial charge in [-0.05, 0) is 32.0 Å². The van der Waals surface area contributed by atoms with Crippen LogP contribution in [0.5, 0.6) is 0 Å². The third kappa shape index (κ3) is 1.36. The Balaban J connectivity index is 2.49. The first-order chi connectivity index (χ1) is 7.16. The van der Waals surface area contributed by atoms with Gasteiger partial charge in [-0.25, -0.2) is 4.98 Å². The van der Waals surface area contributed by atoms with Crippen LogP contribution in [0, 0.1) is 10.9 Å². The maximum Gasteiger partial charge on any atom is 0.270 e. The van der Waals surface area contributed by atoms with E-state index in [1.807, 2.05) is 4.57 Å². The van der Waals surface area contributed by atoms with Gasteiger partial charge in [0.1, 0.15) is 10.5 Å². The molecule has 6 heteroatoms. The highest BCUT2D eigenvalue weighted by molar-refractivity contribution is 7.73. The minimum Gasteiger partial charge on any atom is -0.309 e. The van der Waals surface area contributed by atoms with Gasteiger partial charge >= 0.3 is 0 Å². The Hall–Kier alpha value is -1.01. The largest absolute Gasteiger partial charge is 0.309 e. The summed E-state index contributed by atoms with van der Waals surface area (Å²) in [5.41, 5.74) is 0.682. The summed E-state index contributed by atoms with van der Waals surface area (Å²) >= 11 is 6.61. The molecule has 15 heavy (non-hydrogen) atoms. The minimum absolute atomic E-state index is 0.0759. The first kappa shape index (κ1) is 9.23. The van der Waals surface area contributed by atoms with E-state index in [4.69, 9.17) is 12.2 Å². The molecule has 2 heterocycles. The van der Waals surface area contributed by atoms with Crippen molar-refractivity contribution < 1.29 is 0 Å². The van der Waals surface area contributed by atoms with E-state index in [0.29, 0.717) is 16.6 Å². The first-order valence-corrected chi connectivity index (χ1v) is 6.01. The molecule has 4 nitrogen and oxygen atoms in total. The molecular weight excluding hydrogens is 230 g/mol. The molecule has 1 fully saturated rings. The number of nitrogens with zero attached hydrogens (tertiary/aromatic N) is 2. The molecule has 0 spiro atoms. The summed E-state index contributed by atoms with van der Waals surface area (Å²) in [5.74, 6) is 0.648. The monoisotopic (exact) mass is 239 g/mol. The first-order valence-electron chi connectivity index (χ1n) is 4.79. The fourth-order valence-electron chi connectivity index (χ4n) is 1.69. The molecule has 0 radical (unpaired) electrons. The zero-order chi connectivity index (χ0) is 10.6. The van der Waals surface area contributed by atoms with Crippen LogP contribution in [0.3, 0.4) is 0 Å². The number of aromatic amines is 1. The summed E-state index contributed by atoms with van der Waals surface area (Å²) in [4.78, 5) is 18.7. The van der Waals surface area contributed by atoms with Gasteiger partial charge in [0.05, 0.1) is 0 Å². The third-order valence-electron chi connectivity index (χ3n) is 2.50. The van der Waals surface area contributed by atoms with Gasteiger partial charge in [-0.15, -0.1) is 0 Å². The predicted molar refractivity (Wildman–Crippen MR) is 62.1 cm³/mol. The lowest BCUT2D eigenvalue weighted by Crippen LogP contribution is -2.09. The van der Waals surface area contributed by atoms with Crippen molar-refractivity contribution in [2.24, 2.45) is 0 Å². The number of aromatic nitrogens is 3. The van der Waals surface area contributed by atoms with Crippen LogP contribution in [0.4, 0.5) is 0 Å². The van der Waals surface area contributed by atoms with E-state index >= 15 is 0 Å². The quantitative estimate of drug-likeness (QED) is 0.776. The van der Waals surface area contributed by atoms with Crippen molar-refractivity contribution in [3.8, 4) is 0 Å². The second-order valence-electron chi connectivity index (χ2n) is 3.77. The van der Waals surface area contributed by atoms with E-state index in [2.05, 4.69) is 9.97 Å². The fourth-order valence-corrected chi connectivity index (χ4v) is 3.07.